The number of nitrogens with one attached hydrogen (secondary N) is 1. The van der Waals surface area contributed by atoms with E-state index in [-0.39, 0.29) is 6.04 Å². The van der Waals surface area contributed by atoms with E-state index in [1.165, 1.54) is 11.1 Å². The normalized spacial score (nSPS) is 12.4. The molecule has 96 valence electrons. The van der Waals surface area contributed by atoms with Crippen molar-refractivity contribution in [3.8, 4) is 0 Å². The van der Waals surface area contributed by atoms with Crippen molar-refractivity contribution in [2.24, 2.45) is 5.73 Å². The first-order valence-corrected chi connectivity index (χ1v) is 6.04. The molecule has 1 heterocycles. The lowest BCUT2D eigenvalue weighted by atomic mass is 10.1. The van der Waals surface area contributed by atoms with Crippen LogP contribution in [0, 0.1) is 6.92 Å². The van der Waals surface area contributed by atoms with Gasteiger partial charge < -0.3 is 15.5 Å². The van der Waals surface area contributed by atoms with Gasteiger partial charge in [-0.3, -0.25) is 0 Å². The number of aromatic nitrogens is 2. The molecule has 0 fully saturated rings. The van der Waals surface area contributed by atoms with Crippen LogP contribution in [0.15, 0.2) is 28.7 Å². The Bertz CT molecular complexity index is 507. The summed E-state index contributed by atoms with van der Waals surface area (Å²) in [6.45, 7) is 4.67. The molecule has 2 aromatic rings. The lowest BCUT2D eigenvalue weighted by Gasteiger charge is -2.05. The van der Waals surface area contributed by atoms with Gasteiger partial charge in [-0.05, 0) is 31.4 Å². The number of aryl methyl sites for hydroxylation is 1. The maximum absolute atomic E-state index is 5.64. The van der Waals surface area contributed by atoms with Crippen molar-refractivity contribution in [2.75, 3.05) is 11.9 Å². The first kappa shape index (κ1) is 12.6. The number of nitrogens with two attached hydrogens (primary N) is 1. The first-order valence-electron chi connectivity index (χ1n) is 6.04. The quantitative estimate of drug-likeness (QED) is 0.844. The van der Waals surface area contributed by atoms with E-state index in [0.717, 1.165) is 13.0 Å². The number of nitrogens with zero attached hydrogens (tertiary/aromatic N) is 2. The molecule has 0 amide bonds. The number of rotatable bonds is 5. The Hall–Kier alpha value is -1.88. The monoisotopic (exact) mass is 246 g/mol. The molecular weight excluding hydrogens is 228 g/mol. The van der Waals surface area contributed by atoms with E-state index in [2.05, 4.69) is 34.6 Å². The molecule has 1 aromatic carbocycles. The standard InChI is InChI=1S/C13H18N4O/c1-9-5-3-4-6-11(9)7-8-15-13-17-16-12(18-13)10(2)14/h3-6,10H,7-8,14H2,1-2H3,(H,15,17). The fourth-order valence-corrected chi connectivity index (χ4v) is 1.68. The Labute approximate surface area is 106 Å². The molecule has 0 saturated heterocycles. The van der Waals surface area contributed by atoms with Gasteiger partial charge in [0.05, 0.1) is 6.04 Å². The second-order valence-electron chi connectivity index (χ2n) is 4.34. The maximum atomic E-state index is 5.64. The minimum absolute atomic E-state index is 0.232. The molecule has 0 saturated carbocycles. The summed E-state index contributed by atoms with van der Waals surface area (Å²) in [6.07, 6.45) is 0.919. The minimum atomic E-state index is -0.232. The van der Waals surface area contributed by atoms with Crippen molar-refractivity contribution in [2.45, 2.75) is 26.3 Å². The first-order chi connectivity index (χ1) is 8.66. The van der Waals surface area contributed by atoms with E-state index in [1.807, 2.05) is 19.1 Å². The highest BCUT2D eigenvalue weighted by atomic mass is 16.4. The van der Waals surface area contributed by atoms with Gasteiger partial charge in [-0.2, -0.15) is 0 Å². The number of hydrogen-bond donors (Lipinski definition) is 2. The molecule has 0 radical (unpaired) electrons. The second kappa shape index (κ2) is 5.64. The van der Waals surface area contributed by atoms with Crippen LogP contribution >= 0.6 is 0 Å². The maximum Gasteiger partial charge on any atom is 0.315 e. The summed E-state index contributed by atoms with van der Waals surface area (Å²) in [7, 11) is 0. The van der Waals surface area contributed by atoms with Gasteiger partial charge in [-0.1, -0.05) is 29.4 Å². The van der Waals surface area contributed by atoms with Gasteiger partial charge >= 0.3 is 6.01 Å². The highest BCUT2D eigenvalue weighted by Crippen LogP contribution is 2.12. The predicted octanol–water partition coefficient (Wildman–Crippen LogP) is 2.05. The average Bonchev–Trinajstić information content (AvgIpc) is 2.80. The summed E-state index contributed by atoms with van der Waals surface area (Å²) in [5, 5.41) is 10.8. The van der Waals surface area contributed by atoms with Crippen LogP contribution in [0.2, 0.25) is 0 Å². The summed E-state index contributed by atoms with van der Waals surface area (Å²) in [5.74, 6) is 0.452. The van der Waals surface area contributed by atoms with Crippen LogP contribution in [0.3, 0.4) is 0 Å². The fraction of sp³-hybridized carbons (Fsp3) is 0.385. The highest BCUT2D eigenvalue weighted by molar-refractivity contribution is 5.27. The van der Waals surface area contributed by atoms with E-state index in [1.54, 1.807) is 0 Å². The van der Waals surface area contributed by atoms with E-state index < -0.39 is 0 Å². The molecule has 5 heteroatoms. The van der Waals surface area contributed by atoms with E-state index in [9.17, 15) is 0 Å². The second-order valence-corrected chi connectivity index (χ2v) is 4.34. The molecule has 1 atom stereocenters. The van der Waals surface area contributed by atoms with Crippen molar-refractivity contribution in [1.29, 1.82) is 0 Å². The zero-order chi connectivity index (χ0) is 13.0. The van der Waals surface area contributed by atoms with Gasteiger partial charge in [0.1, 0.15) is 0 Å². The van der Waals surface area contributed by atoms with Crippen LogP contribution in [0.25, 0.3) is 0 Å². The number of benzene rings is 1. The van der Waals surface area contributed by atoms with Crippen LogP contribution in [0.1, 0.15) is 30.0 Å². The van der Waals surface area contributed by atoms with Crippen molar-refractivity contribution >= 4 is 6.01 Å². The molecule has 0 aliphatic carbocycles. The number of hydrogen-bond acceptors (Lipinski definition) is 5. The molecule has 0 bridgehead atoms. The zero-order valence-corrected chi connectivity index (χ0v) is 10.7. The Balaban J connectivity index is 1.87. The molecule has 0 aliphatic heterocycles. The van der Waals surface area contributed by atoms with Crippen LogP contribution in [0.5, 0.6) is 0 Å². The molecule has 1 unspecified atom stereocenters. The summed E-state index contributed by atoms with van der Waals surface area (Å²) in [6, 6.07) is 8.51. The molecule has 0 aliphatic rings. The van der Waals surface area contributed by atoms with Crippen molar-refractivity contribution < 1.29 is 4.42 Å². The lowest BCUT2D eigenvalue weighted by molar-refractivity contribution is 0.473. The molecular formula is C13H18N4O. The SMILES string of the molecule is Cc1ccccc1CCNc1nnc(C(C)N)o1. The average molecular weight is 246 g/mol. The van der Waals surface area contributed by atoms with Crippen molar-refractivity contribution in [1.82, 2.24) is 10.2 Å². The van der Waals surface area contributed by atoms with Gasteiger partial charge in [-0.15, -0.1) is 5.10 Å². The predicted molar refractivity (Wildman–Crippen MR) is 70.3 cm³/mol. The summed E-state index contributed by atoms with van der Waals surface area (Å²) < 4.78 is 5.35. The number of anilines is 1. The lowest BCUT2D eigenvalue weighted by Crippen LogP contribution is -2.06. The van der Waals surface area contributed by atoms with Gasteiger partial charge in [0.2, 0.25) is 5.89 Å². The summed E-state index contributed by atoms with van der Waals surface area (Å²) in [5.41, 5.74) is 8.25. The Morgan fingerprint density at radius 1 is 1.33 bits per heavy atom. The van der Waals surface area contributed by atoms with Crippen molar-refractivity contribution in [3.05, 3.63) is 41.3 Å². The molecule has 1 aromatic heterocycles. The molecule has 0 spiro atoms. The highest BCUT2D eigenvalue weighted by Gasteiger charge is 2.09. The van der Waals surface area contributed by atoms with Gasteiger partial charge in [0.15, 0.2) is 0 Å². The third kappa shape index (κ3) is 3.07. The van der Waals surface area contributed by atoms with E-state index in [0.29, 0.717) is 11.9 Å². The summed E-state index contributed by atoms with van der Waals surface area (Å²) >= 11 is 0. The van der Waals surface area contributed by atoms with Crippen LogP contribution in [0.4, 0.5) is 6.01 Å². The van der Waals surface area contributed by atoms with Gasteiger partial charge in [0.25, 0.3) is 0 Å². The van der Waals surface area contributed by atoms with Crippen LogP contribution in [-0.4, -0.2) is 16.7 Å². The third-order valence-corrected chi connectivity index (χ3v) is 2.76. The molecule has 3 N–H and O–H groups in total. The smallest absolute Gasteiger partial charge is 0.315 e. The van der Waals surface area contributed by atoms with Crippen molar-refractivity contribution in [3.63, 3.8) is 0 Å². The minimum Gasteiger partial charge on any atom is -0.406 e. The summed E-state index contributed by atoms with van der Waals surface area (Å²) in [4.78, 5) is 0. The van der Waals surface area contributed by atoms with E-state index >= 15 is 0 Å². The topological polar surface area (TPSA) is 77.0 Å². The van der Waals surface area contributed by atoms with Crippen LogP contribution in [-0.2, 0) is 6.42 Å². The molecule has 2 rings (SSSR count). The Morgan fingerprint density at radius 3 is 2.78 bits per heavy atom. The van der Waals surface area contributed by atoms with E-state index in [4.69, 9.17) is 10.2 Å². The Kier molecular flexibility index (Phi) is 3.94. The van der Waals surface area contributed by atoms with Gasteiger partial charge in [0, 0.05) is 6.54 Å². The molecule has 18 heavy (non-hydrogen) atoms. The Morgan fingerprint density at radius 2 is 2.11 bits per heavy atom. The fourth-order valence-electron chi connectivity index (χ4n) is 1.68. The van der Waals surface area contributed by atoms with Crippen LogP contribution < -0.4 is 11.1 Å². The van der Waals surface area contributed by atoms with Gasteiger partial charge in [-0.25, -0.2) is 0 Å². The zero-order valence-electron chi connectivity index (χ0n) is 10.7. The largest absolute Gasteiger partial charge is 0.406 e. The third-order valence-electron chi connectivity index (χ3n) is 2.76. The molecule has 5 nitrogen and oxygen atoms in total.